The molecule has 1 heterocycles. The van der Waals surface area contributed by atoms with Gasteiger partial charge in [0.05, 0.1) is 0 Å². The highest BCUT2D eigenvalue weighted by atomic mass is 32.2. The summed E-state index contributed by atoms with van der Waals surface area (Å²) in [5.74, 6) is -0.649. The van der Waals surface area contributed by atoms with Crippen molar-refractivity contribution in [3.05, 3.63) is 35.6 Å². The Morgan fingerprint density at radius 2 is 2.19 bits per heavy atom. The number of sulfone groups is 1. The van der Waals surface area contributed by atoms with Crippen molar-refractivity contribution in [2.24, 2.45) is 0 Å². The van der Waals surface area contributed by atoms with E-state index in [1.54, 1.807) is 11.0 Å². The van der Waals surface area contributed by atoms with Crippen LogP contribution in [0.2, 0.25) is 0 Å². The zero-order valence-electron chi connectivity index (χ0n) is 12.3. The molecule has 1 aromatic carbocycles. The predicted molar refractivity (Wildman–Crippen MR) is 79.1 cm³/mol. The van der Waals surface area contributed by atoms with Crippen LogP contribution in [-0.4, -0.2) is 43.3 Å². The van der Waals surface area contributed by atoms with Gasteiger partial charge in [-0.15, -0.1) is 0 Å². The molecular formula is C15H20FNO3S. The van der Waals surface area contributed by atoms with Crippen LogP contribution >= 0.6 is 0 Å². The standard InChI is InChI=1S/C15H20FNO3S/c1-11(21(2,19)20)15(18)17-8-4-7-14(17)10-12-5-3-6-13(16)9-12/h3,5-6,9,11,14H,4,7-8,10H2,1-2H3/t11-,14-/m0/s1. The fourth-order valence-corrected chi connectivity index (χ4v) is 3.19. The first-order valence-electron chi connectivity index (χ1n) is 7.03. The molecule has 0 unspecified atom stereocenters. The summed E-state index contributed by atoms with van der Waals surface area (Å²) < 4.78 is 36.3. The molecule has 4 nitrogen and oxygen atoms in total. The lowest BCUT2D eigenvalue weighted by atomic mass is 10.0. The molecule has 1 aliphatic heterocycles. The van der Waals surface area contributed by atoms with E-state index in [1.165, 1.54) is 19.1 Å². The van der Waals surface area contributed by atoms with E-state index in [0.29, 0.717) is 13.0 Å². The number of hydrogen-bond acceptors (Lipinski definition) is 3. The third-order valence-electron chi connectivity index (χ3n) is 4.01. The topological polar surface area (TPSA) is 54.5 Å². The maximum absolute atomic E-state index is 13.2. The molecule has 0 saturated carbocycles. The van der Waals surface area contributed by atoms with E-state index < -0.39 is 15.1 Å². The second kappa shape index (κ2) is 6.13. The molecule has 0 N–H and O–H groups in total. The number of halogens is 1. The molecule has 0 aromatic heterocycles. The van der Waals surface area contributed by atoms with Gasteiger partial charge >= 0.3 is 0 Å². The van der Waals surface area contributed by atoms with Gasteiger partial charge in [-0.1, -0.05) is 12.1 Å². The Hall–Kier alpha value is -1.43. The van der Waals surface area contributed by atoms with Crippen molar-refractivity contribution in [2.75, 3.05) is 12.8 Å². The second-order valence-corrected chi connectivity index (χ2v) is 8.00. The Labute approximate surface area is 124 Å². The van der Waals surface area contributed by atoms with Gasteiger partial charge in [-0.2, -0.15) is 0 Å². The zero-order valence-corrected chi connectivity index (χ0v) is 13.1. The number of carbonyl (C=O) groups excluding carboxylic acids is 1. The van der Waals surface area contributed by atoms with E-state index in [0.717, 1.165) is 24.7 Å². The van der Waals surface area contributed by atoms with Crippen LogP contribution in [0.3, 0.4) is 0 Å². The van der Waals surface area contributed by atoms with Gasteiger partial charge in [0.15, 0.2) is 9.84 Å². The highest BCUT2D eigenvalue weighted by Crippen LogP contribution is 2.23. The number of amides is 1. The Morgan fingerprint density at radius 1 is 1.48 bits per heavy atom. The van der Waals surface area contributed by atoms with E-state index in [1.807, 2.05) is 6.07 Å². The van der Waals surface area contributed by atoms with Gasteiger partial charge in [0.1, 0.15) is 11.1 Å². The van der Waals surface area contributed by atoms with Crippen LogP contribution in [0.25, 0.3) is 0 Å². The summed E-state index contributed by atoms with van der Waals surface area (Å²) in [6.07, 6.45) is 3.30. The summed E-state index contributed by atoms with van der Waals surface area (Å²) in [4.78, 5) is 14.0. The van der Waals surface area contributed by atoms with Crippen molar-refractivity contribution in [3.8, 4) is 0 Å². The maximum Gasteiger partial charge on any atom is 0.240 e. The Kier molecular flexibility index (Phi) is 4.66. The number of rotatable bonds is 4. The Bertz CT molecular complexity index is 630. The molecule has 1 aromatic rings. The van der Waals surface area contributed by atoms with E-state index in [2.05, 4.69) is 0 Å². The fourth-order valence-electron chi connectivity index (χ4n) is 2.69. The molecule has 2 rings (SSSR count). The van der Waals surface area contributed by atoms with Crippen molar-refractivity contribution in [3.63, 3.8) is 0 Å². The number of benzene rings is 1. The molecule has 6 heteroatoms. The minimum atomic E-state index is -3.39. The maximum atomic E-state index is 13.2. The van der Waals surface area contributed by atoms with E-state index in [4.69, 9.17) is 0 Å². The Morgan fingerprint density at radius 3 is 2.81 bits per heavy atom. The summed E-state index contributed by atoms with van der Waals surface area (Å²) in [6.45, 7) is 1.99. The minimum Gasteiger partial charge on any atom is -0.338 e. The lowest BCUT2D eigenvalue weighted by Gasteiger charge is -2.27. The first-order valence-corrected chi connectivity index (χ1v) is 8.98. The number of carbonyl (C=O) groups is 1. The molecule has 1 amide bonds. The van der Waals surface area contributed by atoms with Gasteiger partial charge in [0, 0.05) is 18.8 Å². The molecule has 2 atom stereocenters. The molecule has 0 aliphatic carbocycles. The summed E-state index contributed by atoms with van der Waals surface area (Å²) in [7, 11) is -3.39. The molecule has 21 heavy (non-hydrogen) atoms. The van der Waals surface area contributed by atoms with Crippen molar-refractivity contribution < 1.29 is 17.6 Å². The van der Waals surface area contributed by atoms with Crippen LogP contribution in [0, 0.1) is 5.82 Å². The van der Waals surface area contributed by atoms with Crippen LogP contribution in [-0.2, 0) is 21.1 Å². The molecular weight excluding hydrogens is 293 g/mol. The normalized spacial score (nSPS) is 20.5. The predicted octanol–water partition coefficient (Wildman–Crippen LogP) is 1.79. The molecule has 0 radical (unpaired) electrons. The average molecular weight is 313 g/mol. The third kappa shape index (κ3) is 3.81. The SMILES string of the molecule is C[C@@H](C(=O)N1CCC[C@H]1Cc1cccc(F)c1)S(C)(=O)=O. The van der Waals surface area contributed by atoms with Crippen molar-refractivity contribution in [1.82, 2.24) is 4.90 Å². The highest BCUT2D eigenvalue weighted by molar-refractivity contribution is 7.92. The van der Waals surface area contributed by atoms with Crippen molar-refractivity contribution in [1.29, 1.82) is 0 Å². The summed E-state index contributed by atoms with van der Waals surface area (Å²) in [5, 5.41) is -1.02. The van der Waals surface area contributed by atoms with Crippen LogP contribution in [0.5, 0.6) is 0 Å². The van der Waals surface area contributed by atoms with E-state index in [9.17, 15) is 17.6 Å². The van der Waals surface area contributed by atoms with Crippen LogP contribution in [0.15, 0.2) is 24.3 Å². The average Bonchev–Trinajstić information content (AvgIpc) is 2.84. The molecule has 1 aliphatic rings. The smallest absolute Gasteiger partial charge is 0.240 e. The second-order valence-electron chi connectivity index (χ2n) is 5.63. The monoisotopic (exact) mass is 313 g/mol. The van der Waals surface area contributed by atoms with Crippen LogP contribution in [0.1, 0.15) is 25.3 Å². The van der Waals surface area contributed by atoms with Gasteiger partial charge in [-0.3, -0.25) is 4.79 Å². The van der Waals surface area contributed by atoms with Crippen molar-refractivity contribution >= 4 is 15.7 Å². The van der Waals surface area contributed by atoms with E-state index in [-0.39, 0.29) is 17.8 Å². The fraction of sp³-hybridized carbons (Fsp3) is 0.533. The lowest BCUT2D eigenvalue weighted by molar-refractivity contribution is -0.131. The van der Waals surface area contributed by atoms with Gasteiger partial charge in [0.2, 0.25) is 5.91 Å². The summed E-state index contributed by atoms with van der Waals surface area (Å²) in [6, 6.07) is 6.26. The van der Waals surface area contributed by atoms with Gasteiger partial charge in [0.25, 0.3) is 0 Å². The lowest BCUT2D eigenvalue weighted by Crippen LogP contribution is -2.44. The van der Waals surface area contributed by atoms with Crippen molar-refractivity contribution in [2.45, 2.75) is 37.5 Å². The quantitative estimate of drug-likeness (QED) is 0.851. The molecule has 116 valence electrons. The van der Waals surface area contributed by atoms with Crippen LogP contribution in [0.4, 0.5) is 4.39 Å². The number of hydrogen-bond donors (Lipinski definition) is 0. The minimum absolute atomic E-state index is 0.0523. The van der Waals surface area contributed by atoms with Gasteiger partial charge in [-0.25, -0.2) is 12.8 Å². The Balaban J connectivity index is 2.12. The zero-order chi connectivity index (χ0) is 15.6. The highest BCUT2D eigenvalue weighted by Gasteiger charge is 2.35. The number of likely N-dealkylation sites (tertiary alicyclic amines) is 1. The molecule has 1 saturated heterocycles. The summed E-state index contributed by atoms with van der Waals surface area (Å²) >= 11 is 0. The van der Waals surface area contributed by atoms with Gasteiger partial charge in [-0.05, 0) is 43.9 Å². The first kappa shape index (κ1) is 15.9. The number of nitrogens with zero attached hydrogens (tertiary/aromatic N) is 1. The van der Waals surface area contributed by atoms with Gasteiger partial charge < -0.3 is 4.90 Å². The third-order valence-corrected chi connectivity index (χ3v) is 5.50. The molecule has 1 fully saturated rings. The molecule has 0 bridgehead atoms. The van der Waals surface area contributed by atoms with E-state index >= 15 is 0 Å². The largest absolute Gasteiger partial charge is 0.338 e. The first-order chi connectivity index (χ1) is 9.79. The summed E-state index contributed by atoms with van der Waals surface area (Å²) in [5.41, 5.74) is 0.826. The molecule has 0 spiro atoms. The van der Waals surface area contributed by atoms with Crippen LogP contribution < -0.4 is 0 Å².